The van der Waals surface area contributed by atoms with Crippen LogP contribution in [0, 0.1) is 0 Å². The van der Waals surface area contributed by atoms with Gasteiger partial charge in [-0.15, -0.1) is 0 Å². The molecule has 0 atom stereocenters. The molecule has 0 radical (unpaired) electrons. The van der Waals surface area contributed by atoms with E-state index in [1.807, 2.05) is 0 Å². The Morgan fingerprint density at radius 3 is 1.90 bits per heavy atom. The van der Waals surface area contributed by atoms with Crippen LogP contribution in [0.4, 0.5) is 4.79 Å². The molecular formula is C25H46N2O3S. The molecule has 0 saturated carbocycles. The SMILES string of the molecule is CCCCCCCC/C=C\CCCCCCCC(=O)NC(=NC(=O)OC(C)(C)C)SC. The van der Waals surface area contributed by atoms with Crippen LogP contribution in [0.1, 0.15) is 118 Å². The Balaban J connectivity index is 3.70. The van der Waals surface area contributed by atoms with Gasteiger partial charge >= 0.3 is 6.09 Å². The van der Waals surface area contributed by atoms with Gasteiger partial charge in [0.1, 0.15) is 5.60 Å². The van der Waals surface area contributed by atoms with Gasteiger partial charge in [-0.2, -0.15) is 4.99 Å². The van der Waals surface area contributed by atoms with E-state index in [1.54, 1.807) is 27.0 Å². The van der Waals surface area contributed by atoms with Crippen LogP contribution in [0.15, 0.2) is 17.1 Å². The number of hydrogen-bond acceptors (Lipinski definition) is 4. The van der Waals surface area contributed by atoms with Gasteiger partial charge in [-0.05, 0) is 59.1 Å². The molecule has 0 bridgehead atoms. The first kappa shape index (κ1) is 29.7. The number of hydrogen-bond donors (Lipinski definition) is 1. The molecule has 0 aromatic rings. The van der Waals surface area contributed by atoms with Crippen LogP contribution in [-0.4, -0.2) is 29.0 Å². The molecule has 5 nitrogen and oxygen atoms in total. The lowest BCUT2D eigenvalue weighted by atomic mass is 10.1. The highest BCUT2D eigenvalue weighted by molar-refractivity contribution is 8.13. The second-order valence-corrected chi connectivity index (χ2v) is 9.78. The van der Waals surface area contributed by atoms with Crippen LogP contribution < -0.4 is 5.32 Å². The smallest absolute Gasteiger partial charge is 0.436 e. The van der Waals surface area contributed by atoms with Crippen molar-refractivity contribution < 1.29 is 14.3 Å². The van der Waals surface area contributed by atoms with Gasteiger partial charge in [0, 0.05) is 6.42 Å². The van der Waals surface area contributed by atoms with E-state index < -0.39 is 11.7 Å². The second-order valence-electron chi connectivity index (χ2n) is 8.98. The van der Waals surface area contributed by atoms with Crippen molar-refractivity contribution in [2.24, 2.45) is 4.99 Å². The predicted octanol–water partition coefficient (Wildman–Crippen LogP) is 7.79. The summed E-state index contributed by atoms with van der Waals surface area (Å²) in [5.41, 5.74) is -0.599. The molecule has 0 aliphatic carbocycles. The topological polar surface area (TPSA) is 67.8 Å². The number of ether oxygens (including phenoxy) is 1. The molecule has 0 unspecified atom stereocenters. The van der Waals surface area contributed by atoms with Crippen molar-refractivity contribution in [1.29, 1.82) is 0 Å². The molecule has 0 fully saturated rings. The van der Waals surface area contributed by atoms with Crippen molar-refractivity contribution >= 4 is 28.9 Å². The van der Waals surface area contributed by atoms with Crippen LogP contribution in [0.2, 0.25) is 0 Å². The Labute approximate surface area is 195 Å². The number of amidine groups is 1. The number of carbonyl (C=O) groups excluding carboxylic acids is 2. The van der Waals surface area contributed by atoms with Gasteiger partial charge in [-0.1, -0.05) is 82.2 Å². The van der Waals surface area contributed by atoms with E-state index in [2.05, 4.69) is 29.4 Å². The fourth-order valence-electron chi connectivity index (χ4n) is 3.03. The molecule has 0 spiro atoms. The maximum Gasteiger partial charge on any atom is 0.436 e. The quantitative estimate of drug-likeness (QED) is 0.119. The van der Waals surface area contributed by atoms with E-state index in [0.717, 1.165) is 25.7 Å². The monoisotopic (exact) mass is 454 g/mol. The zero-order valence-corrected chi connectivity index (χ0v) is 21.5. The number of nitrogens with one attached hydrogen (secondary N) is 1. The van der Waals surface area contributed by atoms with Crippen molar-refractivity contribution in [3.8, 4) is 0 Å². The van der Waals surface area contributed by atoms with Crippen molar-refractivity contribution in [1.82, 2.24) is 5.32 Å². The third-order valence-electron chi connectivity index (χ3n) is 4.69. The maximum absolute atomic E-state index is 12.0. The van der Waals surface area contributed by atoms with Crippen LogP contribution in [0.25, 0.3) is 0 Å². The van der Waals surface area contributed by atoms with Gasteiger partial charge in [0.05, 0.1) is 0 Å². The van der Waals surface area contributed by atoms with Crippen molar-refractivity contribution in [2.45, 2.75) is 123 Å². The molecule has 0 aromatic carbocycles. The molecule has 0 saturated heterocycles. The van der Waals surface area contributed by atoms with Gasteiger partial charge in [-0.25, -0.2) is 4.79 Å². The van der Waals surface area contributed by atoms with Crippen LogP contribution in [0.5, 0.6) is 0 Å². The van der Waals surface area contributed by atoms with E-state index >= 15 is 0 Å². The normalized spacial score (nSPS) is 12.4. The standard InChI is InChI=1S/C25H46N2O3S/c1-6-7-8-9-10-11-12-13-14-15-16-17-18-19-20-21-22(28)26-23(31-5)27-24(29)30-25(2,3)4/h13-14H,6-12,15-21H2,1-5H3,(H,26,27,28,29)/b14-13-. The van der Waals surface area contributed by atoms with Crippen molar-refractivity contribution in [2.75, 3.05) is 6.26 Å². The predicted molar refractivity (Wildman–Crippen MR) is 135 cm³/mol. The fraction of sp³-hybridized carbons (Fsp3) is 0.800. The van der Waals surface area contributed by atoms with Crippen LogP contribution in [0.3, 0.4) is 0 Å². The lowest BCUT2D eigenvalue weighted by Crippen LogP contribution is -2.30. The number of carbonyl (C=O) groups is 2. The van der Waals surface area contributed by atoms with Crippen LogP contribution >= 0.6 is 11.8 Å². The summed E-state index contributed by atoms with van der Waals surface area (Å²) < 4.78 is 5.15. The van der Waals surface area contributed by atoms with E-state index in [0.29, 0.717) is 6.42 Å². The third-order valence-corrected chi connectivity index (χ3v) is 5.27. The highest BCUT2D eigenvalue weighted by atomic mass is 32.2. The van der Waals surface area contributed by atoms with E-state index in [4.69, 9.17) is 4.74 Å². The molecule has 31 heavy (non-hydrogen) atoms. The largest absolute Gasteiger partial charge is 0.442 e. The lowest BCUT2D eigenvalue weighted by Gasteiger charge is -2.17. The average Bonchev–Trinajstić information content (AvgIpc) is 2.69. The minimum atomic E-state index is -0.682. The summed E-state index contributed by atoms with van der Waals surface area (Å²) in [6.45, 7) is 7.60. The summed E-state index contributed by atoms with van der Waals surface area (Å²) in [5.74, 6) is -0.103. The number of nitrogens with zero attached hydrogens (tertiary/aromatic N) is 1. The van der Waals surface area contributed by atoms with Crippen molar-refractivity contribution in [3.05, 3.63) is 12.2 Å². The molecule has 6 heteroatoms. The Morgan fingerprint density at radius 1 is 0.871 bits per heavy atom. The Kier molecular flexibility index (Phi) is 18.6. The minimum Gasteiger partial charge on any atom is -0.442 e. The highest BCUT2D eigenvalue weighted by Crippen LogP contribution is 2.11. The number of rotatable bonds is 15. The van der Waals surface area contributed by atoms with Gasteiger partial charge in [0.25, 0.3) is 0 Å². The number of thioether (sulfide) groups is 1. The molecule has 0 aliphatic rings. The first-order valence-electron chi connectivity index (χ1n) is 12.1. The minimum absolute atomic E-state index is 0.103. The number of amides is 2. The Morgan fingerprint density at radius 2 is 1.39 bits per heavy atom. The fourth-order valence-corrected chi connectivity index (χ4v) is 3.41. The number of allylic oxidation sites excluding steroid dienone is 2. The molecule has 0 aromatic heterocycles. The molecule has 0 aliphatic heterocycles. The third kappa shape index (κ3) is 21.7. The summed E-state index contributed by atoms with van der Waals surface area (Å²) in [6.07, 6.45) is 22.2. The zero-order valence-electron chi connectivity index (χ0n) is 20.6. The molecular weight excluding hydrogens is 408 g/mol. The zero-order chi connectivity index (χ0) is 23.4. The molecule has 2 amide bonds. The van der Waals surface area contributed by atoms with E-state index in [-0.39, 0.29) is 11.1 Å². The average molecular weight is 455 g/mol. The molecule has 0 rings (SSSR count). The van der Waals surface area contributed by atoms with E-state index in [9.17, 15) is 9.59 Å². The Hall–Kier alpha value is -1.30. The first-order chi connectivity index (χ1) is 14.8. The molecule has 1 N–H and O–H groups in total. The summed E-state index contributed by atoms with van der Waals surface area (Å²) in [7, 11) is 0. The number of unbranched alkanes of at least 4 members (excludes halogenated alkanes) is 11. The summed E-state index contributed by atoms with van der Waals surface area (Å²) in [4.78, 5) is 27.6. The maximum atomic E-state index is 12.0. The lowest BCUT2D eigenvalue weighted by molar-refractivity contribution is -0.119. The highest BCUT2D eigenvalue weighted by Gasteiger charge is 2.16. The number of aliphatic imine (C=N–C) groups is 1. The summed E-state index contributed by atoms with van der Waals surface area (Å²) in [5, 5.41) is 2.98. The van der Waals surface area contributed by atoms with Gasteiger partial charge in [0.15, 0.2) is 5.17 Å². The van der Waals surface area contributed by atoms with Gasteiger partial charge in [0.2, 0.25) is 5.91 Å². The first-order valence-corrected chi connectivity index (χ1v) is 13.3. The second kappa shape index (κ2) is 19.4. The summed E-state index contributed by atoms with van der Waals surface area (Å²) >= 11 is 1.23. The Bertz CT molecular complexity index is 539. The van der Waals surface area contributed by atoms with Crippen molar-refractivity contribution in [3.63, 3.8) is 0 Å². The molecule has 0 heterocycles. The van der Waals surface area contributed by atoms with Gasteiger partial charge < -0.3 is 10.1 Å². The summed E-state index contributed by atoms with van der Waals surface area (Å²) in [6, 6.07) is 0. The van der Waals surface area contributed by atoms with Gasteiger partial charge in [-0.3, -0.25) is 4.79 Å². The molecule has 180 valence electrons. The van der Waals surface area contributed by atoms with Crippen LogP contribution in [-0.2, 0) is 9.53 Å². The van der Waals surface area contributed by atoms with E-state index in [1.165, 1.54) is 69.5 Å².